The zero-order valence-electron chi connectivity index (χ0n) is 9.69. The molecule has 1 heterocycles. The number of hydrogen-bond acceptors (Lipinski definition) is 3. The molecule has 2 atom stereocenters. The van der Waals surface area contributed by atoms with E-state index in [0.717, 1.165) is 13.1 Å². The third-order valence-electron chi connectivity index (χ3n) is 2.64. The highest BCUT2D eigenvalue weighted by molar-refractivity contribution is 5.13. The molecule has 3 nitrogen and oxygen atoms in total. The lowest BCUT2D eigenvalue weighted by molar-refractivity contribution is -0.0716. The number of ether oxygens (including phenoxy) is 2. The van der Waals surface area contributed by atoms with Crippen molar-refractivity contribution in [2.75, 3.05) is 19.7 Å². The average Bonchev–Trinajstić information content (AvgIpc) is 2.30. The van der Waals surface area contributed by atoms with Gasteiger partial charge in [0.1, 0.15) is 0 Å². The molecule has 0 amide bonds. The Bertz CT molecular complexity index is 302. The normalized spacial score (nSPS) is 25.6. The Labute approximate surface area is 96.8 Å². The van der Waals surface area contributed by atoms with Crippen molar-refractivity contribution in [2.24, 2.45) is 0 Å². The lowest BCUT2D eigenvalue weighted by atomic mass is 10.2. The lowest BCUT2D eigenvalue weighted by Crippen LogP contribution is -2.45. The minimum absolute atomic E-state index is 0.187. The zero-order valence-corrected chi connectivity index (χ0v) is 9.69. The lowest BCUT2D eigenvalue weighted by Gasteiger charge is -2.28. The Kier molecular flexibility index (Phi) is 4.34. The number of benzene rings is 1. The minimum Gasteiger partial charge on any atom is -0.374 e. The smallest absolute Gasteiger partial charge is 0.0936 e. The van der Waals surface area contributed by atoms with E-state index in [-0.39, 0.29) is 6.10 Å². The second-order valence-electron chi connectivity index (χ2n) is 4.23. The number of hydrogen-bond donors (Lipinski definition) is 1. The van der Waals surface area contributed by atoms with Crippen LogP contribution in [0.25, 0.3) is 0 Å². The number of nitrogens with one attached hydrogen (secondary N) is 1. The van der Waals surface area contributed by atoms with E-state index in [1.807, 2.05) is 18.2 Å². The molecule has 0 aliphatic carbocycles. The molecule has 1 aliphatic rings. The fourth-order valence-electron chi connectivity index (χ4n) is 1.85. The molecule has 1 fully saturated rings. The number of morpholine rings is 1. The first-order valence-corrected chi connectivity index (χ1v) is 5.82. The SMILES string of the molecule is C[C@@H]1CNCC(COCc2ccccc2)O1. The topological polar surface area (TPSA) is 30.5 Å². The minimum atomic E-state index is 0.187. The van der Waals surface area contributed by atoms with Crippen molar-refractivity contribution < 1.29 is 9.47 Å². The molecular weight excluding hydrogens is 202 g/mol. The first-order valence-electron chi connectivity index (χ1n) is 5.82. The summed E-state index contributed by atoms with van der Waals surface area (Å²) < 4.78 is 11.4. The third-order valence-corrected chi connectivity index (χ3v) is 2.64. The van der Waals surface area contributed by atoms with Gasteiger partial charge in [0.2, 0.25) is 0 Å². The first kappa shape index (κ1) is 11.6. The molecule has 1 aromatic carbocycles. The van der Waals surface area contributed by atoms with Gasteiger partial charge in [-0.25, -0.2) is 0 Å². The van der Waals surface area contributed by atoms with Crippen LogP contribution < -0.4 is 5.32 Å². The molecule has 0 saturated carbocycles. The second-order valence-corrected chi connectivity index (χ2v) is 4.23. The van der Waals surface area contributed by atoms with Crippen LogP contribution in [0, 0.1) is 0 Å². The summed E-state index contributed by atoms with van der Waals surface area (Å²) in [6.07, 6.45) is 0.478. The maximum absolute atomic E-state index is 5.74. The summed E-state index contributed by atoms with van der Waals surface area (Å²) >= 11 is 0. The zero-order chi connectivity index (χ0) is 11.2. The van der Waals surface area contributed by atoms with Crippen LogP contribution in [0.1, 0.15) is 12.5 Å². The standard InChI is InChI=1S/C13H19NO2/c1-11-7-14-8-13(16-11)10-15-9-12-5-3-2-4-6-12/h2-6,11,13-14H,7-10H2,1H3/t11-,13?/m1/s1. The van der Waals surface area contributed by atoms with Gasteiger partial charge >= 0.3 is 0 Å². The molecule has 0 aromatic heterocycles. The highest BCUT2D eigenvalue weighted by Crippen LogP contribution is 2.06. The average molecular weight is 221 g/mol. The van der Waals surface area contributed by atoms with Crippen LogP contribution in [-0.4, -0.2) is 31.9 Å². The van der Waals surface area contributed by atoms with Gasteiger partial charge in [0.15, 0.2) is 0 Å². The van der Waals surface area contributed by atoms with Crippen LogP contribution in [-0.2, 0) is 16.1 Å². The first-order chi connectivity index (χ1) is 7.84. The Morgan fingerprint density at radius 2 is 2.12 bits per heavy atom. The van der Waals surface area contributed by atoms with Gasteiger partial charge in [-0.2, -0.15) is 0 Å². The van der Waals surface area contributed by atoms with E-state index in [2.05, 4.69) is 24.4 Å². The summed E-state index contributed by atoms with van der Waals surface area (Å²) in [5.41, 5.74) is 1.21. The molecule has 0 bridgehead atoms. The fourth-order valence-corrected chi connectivity index (χ4v) is 1.85. The molecular formula is C13H19NO2. The van der Waals surface area contributed by atoms with Crippen LogP contribution in [0.2, 0.25) is 0 Å². The van der Waals surface area contributed by atoms with Gasteiger partial charge in [-0.15, -0.1) is 0 Å². The van der Waals surface area contributed by atoms with E-state index < -0.39 is 0 Å². The predicted molar refractivity (Wildman–Crippen MR) is 63.3 cm³/mol. The van der Waals surface area contributed by atoms with Crippen LogP contribution in [0.4, 0.5) is 0 Å². The summed E-state index contributed by atoms with van der Waals surface area (Å²) in [5, 5.41) is 3.33. The molecule has 2 rings (SSSR count). The fraction of sp³-hybridized carbons (Fsp3) is 0.538. The Balaban J connectivity index is 1.68. The molecule has 0 spiro atoms. The molecule has 1 aromatic rings. The Hall–Kier alpha value is -0.900. The summed E-state index contributed by atoms with van der Waals surface area (Å²) in [7, 11) is 0. The highest BCUT2D eigenvalue weighted by Gasteiger charge is 2.18. The highest BCUT2D eigenvalue weighted by atomic mass is 16.5. The molecule has 1 saturated heterocycles. The largest absolute Gasteiger partial charge is 0.374 e. The third kappa shape index (κ3) is 3.59. The van der Waals surface area contributed by atoms with Crippen molar-refractivity contribution in [3.63, 3.8) is 0 Å². The maximum atomic E-state index is 5.74. The molecule has 1 N–H and O–H groups in total. The van der Waals surface area contributed by atoms with E-state index >= 15 is 0 Å². The van der Waals surface area contributed by atoms with Crippen LogP contribution >= 0.6 is 0 Å². The van der Waals surface area contributed by atoms with E-state index in [0.29, 0.717) is 19.3 Å². The van der Waals surface area contributed by atoms with E-state index in [9.17, 15) is 0 Å². The Morgan fingerprint density at radius 1 is 1.31 bits per heavy atom. The molecule has 1 aliphatic heterocycles. The van der Waals surface area contributed by atoms with Crippen LogP contribution in [0.15, 0.2) is 30.3 Å². The van der Waals surface area contributed by atoms with Gasteiger partial charge in [0.05, 0.1) is 25.4 Å². The van der Waals surface area contributed by atoms with Crippen LogP contribution in [0.3, 0.4) is 0 Å². The van der Waals surface area contributed by atoms with Crippen molar-refractivity contribution in [1.29, 1.82) is 0 Å². The quantitative estimate of drug-likeness (QED) is 0.837. The predicted octanol–water partition coefficient (Wildman–Crippen LogP) is 1.58. The van der Waals surface area contributed by atoms with Crippen molar-refractivity contribution in [3.05, 3.63) is 35.9 Å². The van der Waals surface area contributed by atoms with Crippen molar-refractivity contribution >= 4 is 0 Å². The summed E-state index contributed by atoms with van der Waals surface area (Å²) in [6, 6.07) is 10.2. The van der Waals surface area contributed by atoms with Gasteiger partial charge in [-0.1, -0.05) is 30.3 Å². The molecule has 3 heteroatoms. The van der Waals surface area contributed by atoms with E-state index in [4.69, 9.17) is 9.47 Å². The van der Waals surface area contributed by atoms with Gasteiger partial charge in [0, 0.05) is 13.1 Å². The van der Waals surface area contributed by atoms with Gasteiger partial charge < -0.3 is 14.8 Å². The van der Waals surface area contributed by atoms with Crippen molar-refractivity contribution in [1.82, 2.24) is 5.32 Å². The van der Waals surface area contributed by atoms with Crippen molar-refractivity contribution in [2.45, 2.75) is 25.7 Å². The monoisotopic (exact) mass is 221 g/mol. The van der Waals surface area contributed by atoms with Crippen LogP contribution in [0.5, 0.6) is 0 Å². The van der Waals surface area contributed by atoms with Gasteiger partial charge in [-0.3, -0.25) is 0 Å². The molecule has 88 valence electrons. The van der Waals surface area contributed by atoms with E-state index in [1.54, 1.807) is 0 Å². The molecule has 1 unspecified atom stereocenters. The second kappa shape index (κ2) is 5.99. The maximum Gasteiger partial charge on any atom is 0.0936 e. The van der Waals surface area contributed by atoms with E-state index in [1.165, 1.54) is 5.56 Å². The Morgan fingerprint density at radius 3 is 2.88 bits per heavy atom. The van der Waals surface area contributed by atoms with Gasteiger partial charge in [-0.05, 0) is 12.5 Å². The van der Waals surface area contributed by atoms with Crippen molar-refractivity contribution in [3.8, 4) is 0 Å². The summed E-state index contributed by atoms with van der Waals surface area (Å²) in [4.78, 5) is 0. The summed E-state index contributed by atoms with van der Waals surface area (Å²) in [5.74, 6) is 0. The molecule has 0 radical (unpaired) electrons. The number of rotatable bonds is 4. The molecule has 16 heavy (non-hydrogen) atoms. The van der Waals surface area contributed by atoms with Gasteiger partial charge in [0.25, 0.3) is 0 Å². The summed E-state index contributed by atoms with van der Waals surface area (Å²) in [6.45, 7) is 5.23.